The molecule has 0 bridgehead atoms. The Bertz CT molecular complexity index is 824. The van der Waals surface area contributed by atoms with Crippen molar-refractivity contribution in [2.45, 2.75) is 44.9 Å². The first kappa shape index (κ1) is 20.1. The Labute approximate surface area is 159 Å². The van der Waals surface area contributed by atoms with Crippen LogP contribution in [0.1, 0.15) is 59.7 Å². The molecule has 2 aliphatic rings. The number of sulfone groups is 1. The van der Waals surface area contributed by atoms with Crippen LogP contribution in [0.15, 0.2) is 15.3 Å². The van der Waals surface area contributed by atoms with Crippen LogP contribution < -0.4 is 10.9 Å². The van der Waals surface area contributed by atoms with Gasteiger partial charge in [-0.2, -0.15) is 0 Å². The third kappa shape index (κ3) is 5.19. The predicted molar refractivity (Wildman–Crippen MR) is 101 cm³/mol. The Morgan fingerprint density at radius 2 is 1.85 bits per heavy atom. The number of carbonyl (C=O) groups excluding carboxylic acids is 1. The third-order valence-corrected chi connectivity index (χ3v) is 7.25. The van der Waals surface area contributed by atoms with E-state index in [1.54, 1.807) is 13.0 Å². The quantitative estimate of drug-likeness (QED) is 0.813. The Hall–Kier alpha value is -1.67. The van der Waals surface area contributed by atoms with Gasteiger partial charge in [-0.1, -0.05) is 0 Å². The van der Waals surface area contributed by atoms with Gasteiger partial charge in [0.1, 0.15) is 21.2 Å². The van der Waals surface area contributed by atoms with Gasteiger partial charge in [0, 0.05) is 25.7 Å². The lowest BCUT2D eigenvalue weighted by atomic mass is 9.95. The average molecular weight is 397 g/mol. The molecule has 0 aliphatic carbocycles. The highest BCUT2D eigenvalue weighted by molar-refractivity contribution is 7.91. The summed E-state index contributed by atoms with van der Waals surface area (Å²) in [6.07, 6.45) is 3.61. The van der Waals surface area contributed by atoms with E-state index in [4.69, 9.17) is 9.15 Å². The molecule has 0 unspecified atom stereocenters. The number of carbonyl (C=O) groups is 1. The first-order valence-electron chi connectivity index (χ1n) is 9.57. The van der Waals surface area contributed by atoms with Crippen molar-refractivity contribution in [3.8, 4) is 0 Å². The topological polar surface area (TPSA) is 103 Å². The Kier molecular flexibility index (Phi) is 6.37. The molecule has 3 rings (SSSR count). The molecule has 150 valence electrons. The van der Waals surface area contributed by atoms with Crippen LogP contribution in [-0.4, -0.2) is 45.6 Å². The van der Waals surface area contributed by atoms with E-state index in [2.05, 4.69) is 5.32 Å². The maximum absolute atomic E-state index is 12.4. The van der Waals surface area contributed by atoms with Crippen molar-refractivity contribution in [2.24, 2.45) is 5.92 Å². The summed E-state index contributed by atoms with van der Waals surface area (Å²) in [5.74, 6) is 1.10. The molecule has 27 heavy (non-hydrogen) atoms. The normalized spacial score (nSPS) is 21.1. The van der Waals surface area contributed by atoms with Crippen molar-refractivity contribution >= 4 is 15.7 Å². The molecule has 0 saturated carbocycles. The van der Waals surface area contributed by atoms with Crippen LogP contribution in [-0.2, 0) is 14.6 Å². The summed E-state index contributed by atoms with van der Waals surface area (Å²) in [5.41, 5.74) is 0.0729. The Morgan fingerprint density at radius 1 is 1.19 bits per heavy atom. The van der Waals surface area contributed by atoms with E-state index in [0.717, 1.165) is 12.8 Å². The number of aryl methyl sites for hydroxylation is 1. The van der Waals surface area contributed by atoms with E-state index in [9.17, 15) is 18.0 Å². The van der Waals surface area contributed by atoms with Gasteiger partial charge in [-0.15, -0.1) is 0 Å². The van der Waals surface area contributed by atoms with Crippen LogP contribution in [0.2, 0.25) is 0 Å². The zero-order valence-corrected chi connectivity index (χ0v) is 16.5. The minimum atomic E-state index is -2.87. The smallest absolute Gasteiger partial charge is 0.349 e. The maximum atomic E-state index is 12.4. The molecule has 1 amide bonds. The second-order valence-corrected chi connectivity index (χ2v) is 9.82. The van der Waals surface area contributed by atoms with Crippen LogP contribution >= 0.6 is 0 Å². The minimum Gasteiger partial charge on any atom is -0.427 e. The van der Waals surface area contributed by atoms with Crippen LogP contribution in [0.4, 0.5) is 0 Å². The zero-order valence-electron chi connectivity index (χ0n) is 15.7. The molecular weight excluding hydrogens is 370 g/mol. The molecule has 0 aromatic carbocycles. The van der Waals surface area contributed by atoms with Crippen molar-refractivity contribution in [2.75, 3.05) is 31.3 Å². The SMILES string of the molecule is Cc1cc(C2CCOCC2)oc(=O)c1C(=O)NCCC1CCS(=O)(=O)CC1. The molecule has 0 spiro atoms. The maximum Gasteiger partial charge on any atom is 0.349 e. The van der Waals surface area contributed by atoms with Gasteiger partial charge in [0.2, 0.25) is 0 Å². The van der Waals surface area contributed by atoms with Crippen LogP contribution in [0.25, 0.3) is 0 Å². The van der Waals surface area contributed by atoms with Gasteiger partial charge in [-0.25, -0.2) is 13.2 Å². The van der Waals surface area contributed by atoms with Crippen molar-refractivity contribution in [1.29, 1.82) is 0 Å². The lowest BCUT2D eigenvalue weighted by Gasteiger charge is -2.22. The molecule has 8 heteroatoms. The fourth-order valence-corrected chi connectivity index (χ4v) is 5.38. The Morgan fingerprint density at radius 3 is 2.48 bits per heavy atom. The summed E-state index contributed by atoms with van der Waals surface area (Å²) in [6, 6.07) is 1.79. The van der Waals surface area contributed by atoms with E-state index >= 15 is 0 Å². The first-order chi connectivity index (χ1) is 12.9. The number of hydrogen-bond donors (Lipinski definition) is 1. The molecular formula is C19H27NO6S. The second-order valence-electron chi connectivity index (χ2n) is 7.52. The summed E-state index contributed by atoms with van der Waals surface area (Å²) >= 11 is 0. The van der Waals surface area contributed by atoms with E-state index in [1.807, 2.05) is 0 Å². The summed E-state index contributed by atoms with van der Waals surface area (Å²) in [5, 5.41) is 2.78. The number of rotatable bonds is 5. The summed E-state index contributed by atoms with van der Waals surface area (Å²) in [6.45, 7) is 3.47. The van der Waals surface area contributed by atoms with E-state index in [0.29, 0.717) is 56.3 Å². The third-order valence-electron chi connectivity index (χ3n) is 5.53. The molecule has 7 nitrogen and oxygen atoms in total. The van der Waals surface area contributed by atoms with E-state index in [-0.39, 0.29) is 23.0 Å². The predicted octanol–water partition coefficient (Wildman–Crippen LogP) is 1.79. The lowest BCUT2D eigenvalue weighted by molar-refractivity contribution is 0.0795. The molecule has 0 radical (unpaired) electrons. The molecule has 2 saturated heterocycles. The van der Waals surface area contributed by atoms with Crippen molar-refractivity contribution < 1.29 is 22.4 Å². The molecule has 2 aliphatic heterocycles. The summed E-state index contributed by atoms with van der Waals surface area (Å²) < 4.78 is 33.7. The lowest BCUT2D eigenvalue weighted by Crippen LogP contribution is -2.32. The number of hydrogen-bond acceptors (Lipinski definition) is 6. The first-order valence-corrected chi connectivity index (χ1v) is 11.4. The zero-order chi connectivity index (χ0) is 19.4. The average Bonchev–Trinajstić information content (AvgIpc) is 2.63. The Balaban J connectivity index is 1.57. The van der Waals surface area contributed by atoms with Crippen LogP contribution in [0, 0.1) is 12.8 Å². The van der Waals surface area contributed by atoms with Gasteiger partial charge in [-0.3, -0.25) is 4.79 Å². The van der Waals surface area contributed by atoms with Gasteiger partial charge in [0.25, 0.3) is 5.91 Å². The monoisotopic (exact) mass is 397 g/mol. The number of nitrogens with one attached hydrogen (secondary N) is 1. The fourth-order valence-electron chi connectivity index (χ4n) is 3.79. The second kappa shape index (κ2) is 8.56. The highest BCUT2D eigenvalue weighted by Crippen LogP contribution is 2.27. The summed E-state index contributed by atoms with van der Waals surface area (Å²) in [4.78, 5) is 24.8. The highest BCUT2D eigenvalue weighted by Gasteiger charge is 2.25. The van der Waals surface area contributed by atoms with Crippen molar-refractivity contribution in [1.82, 2.24) is 5.32 Å². The van der Waals surface area contributed by atoms with E-state index in [1.165, 1.54) is 0 Å². The minimum absolute atomic E-state index is 0.0528. The summed E-state index contributed by atoms with van der Waals surface area (Å²) in [7, 11) is -2.87. The molecule has 1 aromatic rings. The molecule has 2 fully saturated rings. The molecule has 0 atom stereocenters. The largest absolute Gasteiger partial charge is 0.427 e. The van der Waals surface area contributed by atoms with Crippen LogP contribution in [0.5, 0.6) is 0 Å². The van der Waals surface area contributed by atoms with Gasteiger partial charge < -0.3 is 14.5 Å². The van der Waals surface area contributed by atoms with Crippen molar-refractivity contribution in [3.63, 3.8) is 0 Å². The standard InChI is InChI=1S/C19H27NO6S/c1-13-12-16(15-3-8-25-9-4-15)26-19(22)17(13)18(21)20-7-2-14-5-10-27(23,24)11-6-14/h12,14-15H,2-11H2,1H3,(H,20,21). The van der Waals surface area contributed by atoms with E-state index < -0.39 is 21.4 Å². The van der Waals surface area contributed by atoms with Crippen molar-refractivity contribution in [3.05, 3.63) is 33.4 Å². The molecule has 1 N–H and O–H groups in total. The van der Waals surface area contributed by atoms with Crippen LogP contribution in [0.3, 0.4) is 0 Å². The molecule has 3 heterocycles. The van der Waals surface area contributed by atoms with Gasteiger partial charge in [-0.05, 0) is 56.6 Å². The highest BCUT2D eigenvalue weighted by atomic mass is 32.2. The fraction of sp³-hybridized carbons (Fsp3) is 0.684. The molecule has 1 aromatic heterocycles. The number of amides is 1. The number of ether oxygens (including phenoxy) is 1. The van der Waals surface area contributed by atoms with Gasteiger partial charge in [0.05, 0.1) is 11.5 Å². The van der Waals surface area contributed by atoms with Gasteiger partial charge in [0.15, 0.2) is 0 Å². The van der Waals surface area contributed by atoms with Gasteiger partial charge >= 0.3 is 5.63 Å².